The van der Waals surface area contributed by atoms with E-state index in [1.807, 2.05) is 6.92 Å². The van der Waals surface area contributed by atoms with Crippen LogP contribution in [0.5, 0.6) is 0 Å². The summed E-state index contributed by atoms with van der Waals surface area (Å²) in [5.41, 5.74) is 0.279. The van der Waals surface area contributed by atoms with Crippen LogP contribution >= 0.6 is 0 Å². The van der Waals surface area contributed by atoms with E-state index in [0.29, 0.717) is 6.42 Å². The minimum Gasteiger partial charge on any atom is -0.481 e. The molecular formula is C14H22N2O3. The minimum absolute atomic E-state index is 0.111. The Kier molecular flexibility index (Phi) is 6.25. The molecule has 0 aliphatic rings. The summed E-state index contributed by atoms with van der Waals surface area (Å²) in [4.78, 5) is 23.6. The number of hydrogen-bond acceptors (Lipinski definition) is 3. The highest BCUT2D eigenvalue weighted by molar-refractivity contribution is 6.07. The SMILES string of the molecule is CCCCCC(CC)C(C(=O)O)C(=O)c1ccn[nH]1. The van der Waals surface area contributed by atoms with Gasteiger partial charge in [0.05, 0.1) is 0 Å². The molecule has 0 fully saturated rings. The van der Waals surface area contributed by atoms with Crippen LogP contribution in [0.15, 0.2) is 12.3 Å². The Labute approximate surface area is 113 Å². The van der Waals surface area contributed by atoms with Crippen molar-refractivity contribution in [1.82, 2.24) is 10.2 Å². The maximum Gasteiger partial charge on any atom is 0.314 e. The third-order valence-corrected chi connectivity index (χ3v) is 3.49. The van der Waals surface area contributed by atoms with E-state index in [4.69, 9.17) is 0 Å². The fourth-order valence-electron chi connectivity index (χ4n) is 2.35. The van der Waals surface area contributed by atoms with Crippen LogP contribution in [0.2, 0.25) is 0 Å². The lowest BCUT2D eigenvalue weighted by Crippen LogP contribution is -2.31. The van der Waals surface area contributed by atoms with Crippen molar-refractivity contribution in [2.24, 2.45) is 11.8 Å². The zero-order valence-electron chi connectivity index (χ0n) is 11.6. The molecule has 5 nitrogen and oxygen atoms in total. The summed E-state index contributed by atoms with van der Waals surface area (Å²) in [6, 6.07) is 1.52. The van der Waals surface area contributed by atoms with Gasteiger partial charge >= 0.3 is 5.97 Å². The molecule has 0 aromatic carbocycles. The molecule has 5 heteroatoms. The molecule has 19 heavy (non-hydrogen) atoms. The number of H-pyrrole nitrogens is 1. The van der Waals surface area contributed by atoms with Gasteiger partial charge in [-0.2, -0.15) is 5.10 Å². The van der Waals surface area contributed by atoms with Gasteiger partial charge in [-0.25, -0.2) is 0 Å². The van der Waals surface area contributed by atoms with Crippen molar-refractivity contribution in [1.29, 1.82) is 0 Å². The molecule has 0 bridgehead atoms. The number of carboxylic acid groups (broad SMARTS) is 1. The van der Waals surface area contributed by atoms with E-state index in [-0.39, 0.29) is 17.4 Å². The molecule has 1 aromatic heterocycles. The fraction of sp³-hybridized carbons (Fsp3) is 0.643. The van der Waals surface area contributed by atoms with Crippen molar-refractivity contribution in [3.05, 3.63) is 18.0 Å². The van der Waals surface area contributed by atoms with Crippen LogP contribution in [0.1, 0.15) is 56.4 Å². The number of ketones is 1. The Morgan fingerprint density at radius 1 is 1.37 bits per heavy atom. The van der Waals surface area contributed by atoms with Crippen LogP contribution in [0, 0.1) is 11.8 Å². The summed E-state index contributed by atoms with van der Waals surface area (Å²) in [6.07, 6.45) is 6.06. The van der Waals surface area contributed by atoms with E-state index < -0.39 is 11.9 Å². The van der Waals surface area contributed by atoms with Gasteiger partial charge in [0, 0.05) is 6.20 Å². The van der Waals surface area contributed by atoms with Gasteiger partial charge in [0.2, 0.25) is 0 Å². The summed E-state index contributed by atoms with van der Waals surface area (Å²) in [7, 11) is 0. The number of aromatic amines is 1. The number of carbonyl (C=O) groups is 2. The average molecular weight is 266 g/mol. The molecule has 1 rings (SSSR count). The lowest BCUT2D eigenvalue weighted by molar-refractivity contribution is -0.141. The van der Waals surface area contributed by atoms with Crippen LogP contribution in [0.25, 0.3) is 0 Å². The van der Waals surface area contributed by atoms with Gasteiger partial charge in [0.1, 0.15) is 11.6 Å². The predicted octanol–water partition coefficient (Wildman–Crippen LogP) is 2.90. The lowest BCUT2D eigenvalue weighted by Gasteiger charge is -2.21. The molecular weight excluding hydrogens is 244 g/mol. The molecule has 106 valence electrons. The van der Waals surface area contributed by atoms with Crippen LogP contribution in [0.3, 0.4) is 0 Å². The van der Waals surface area contributed by atoms with Crippen molar-refractivity contribution in [2.45, 2.75) is 46.0 Å². The summed E-state index contributed by atoms with van der Waals surface area (Å²) in [5.74, 6) is -2.49. The van der Waals surface area contributed by atoms with E-state index in [0.717, 1.165) is 25.7 Å². The van der Waals surface area contributed by atoms with Gasteiger partial charge in [-0.15, -0.1) is 0 Å². The van der Waals surface area contributed by atoms with Crippen molar-refractivity contribution in [3.63, 3.8) is 0 Å². The third kappa shape index (κ3) is 4.19. The normalized spacial score (nSPS) is 14.0. The van der Waals surface area contributed by atoms with Crippen LogP contribution in [-0.4, -0.2) is 27.1 Å². The van der Waals surface area contributed by atoms with Gasteiger partial charge in [-0.05, 0) is 18.4 Å². The van der Waals surface area contributed by atoms with Crippen molar-refractivity contribution in [2.75, 3.05) is 0 Å². The first-order valence-electron chi connectivity index (χ1n) is 6.88. The topological polar surface area (TPSA) is 83.0 Å². The molecule has 2 N–H and O–H groups in total. The standard InChI is InChI=1S/C14H22N2O3/c1-3-5-6-7-10(4-2)12(14(18)19)13(17)11-8-9-15-16-11/h8-10,12H,3-7H2,1-2H3,(H,15,16)(H,18,19). The molecule has 2 unspecified atom stereocenters. The Balaban J connectivity index is 2.80. The molecule has 0 aliphatic heterocycles. The average Bonchev–Trinajstić information content (AvgIpc) is 2.90. The highest BCUT2D eigenvalue weighted by Crippen LogP contribution is 2.26. The van der Waals surface area contributed by atoms with E-state index in [9.17, 15) is 14.7 Å². The molecule has 0 spiro atoms. The summed E-state index contributed by atoms with van der Waals surface area (Å²) in [6.45, 7) is 4.04. The smallest absolute Gasteiger partial charge is 0.314 e. The van der Waals surface area contributed by atoms with Gasteiger partial charge in [-0.3, -0.25) is 14.7 Å². The van der Waals surface area contributed by atoms with E-state index in [1.165, 1.54) is 12.3 Å². The van der Waals surface area contributed by atoms with Crippen molar-refractivity contribution < 1.29 is 14.7 Å². The highest BCUT2D eigenvalue weighted by atomic mass is 16.4. The minimum atomic E-state index is -1.04. The quantitative estimate of drug-likeness (QED) is 0.409. The van der Waals surface area contributed by atoms with E-state index >= 15 is 0 Å². The molecule has 0 amide bonds. The maximum absolute atomic E-state index is 12.2. The number of Topliss-reactive ketones (excluding diaryl/α,β-unsaturated/α-hetero) is 1. The molecule has 2 atom stereocenters. The second-order valence-corrected chi connectivity index (χ2v) is 4.81. The van der Waals surface area contributed by atoms with Gasteiger partial charge in [-0.1, -0.05) is 39.5 Å². The Hall–Kier alpha value is -1.65. The number of carbonyl (C=O) groups excluding carboxylic acids is 1. The van der Waals surface area contributed by atoms with E-state index in [1.54, 1.807) is 0 Å². The number of hydrogen-bond donors (Lipinski definition) is 2. The molecule has 0 saturated heterocycles. The second kappa shape index (κ2) is 7.71. The predicted molar refractivity (Wildman–Crippen MR) is 72.0 cm³/mol. The van der Waals surface area contributed by atoms with Gasteiger partial charge < -0.3 is 5.11 Å². The first-order valence-corrected chi connectivity index (χ1v) is 6.88. The molecule has 0 aliphatic carbocycles. The first kappa shape index (κ1) is 15.4. The highest BCUT2D eigenvalue weighted by Gasteiger charge is 2.34. The molecule has 0 radical (unpaired) electrons. The summed E-state index contributed by atoms with van der Waals surface area (Å²) < 4.78 is 0. The zero-order chi connectivity index (χ0) is 14.3. The van der Waals surface area contributed by atoms with E-state index in [2.05, 4.69) is 17.1 Å². The largest absolute Gasteiger partial charge is 0.481 e. The third-order valence-electron chi connectivity index (χ3n) is 3.49. The lowest BCUT2D eigenvalue weighted by atomic mass is 9.82. The van der Waals surface area contributed by atoms with Gasteiger partial charge in [0.15, 0.2) is 5.78 Å². The Morgan fingerprint density at radius 2 is 2.11 bits per heavy atom. The van der Waals surface area contributed by atoms with Gasteiger partial charge in [0.25, 0.3) is 0 Å². The number of nitrogens with one attached hydrogen (secondary N) is 1. The van der Waals surface area contributed by atoms with Crippen LogP contribution < -0.4 is 0 Å². The number of unbranched alkanes of at least 4 members (excludes halogenated alkanes) is 2. The van der Waals surface area contributed by atoms with Crippen LogP contribution in [-0.2, 0) is 4.79 Å². The number of rotatable bonds is 9. The maximum atomic E-state index is 12.2. The summed E-state index contributed by atoms with van der Waals surface area (Å²) in [5, 5.41) is 15.6. The fourth-order valence-corrected chi connectivity index (χ4v) is 2.35. The number of aromatic nitrogens is 2. The molecule has 0 saturated carbocycles. The number of nitrogens with zero attached hydrogens (tertiary/aromatic N) is 1. The Morgan fingerprint density at radius 3 is 2.58 bits per heavy atom. The second-order valence-electron chi connectivity index (χ2n) is 4.81. The van der Waals surface area contributed by atoms with Crippen molar-refractivity contribution in [3.8, 4) is 0 Å². The molecule has 1 heterocycles. The van der Waals surface area contributed by atoms with Crippen molar-refractivity contribution >= 4 is 11.8 Å². The molecule has 1 aromatic rings. The first-order chi connectivity index (χ1) is 9.11. The van der Waals surface area contributed by atoms with Crippen LogP contribution in [0.4, 0.5) is 0 Å². The number of carboxylic acids is 1. The summed E-state index contributed by atoms with van der Waals surface area (Å²) >= 11 is 0. The monoisotopic (exact) mass is 266 g/mol. The Bertz CT molecular complexity index is 401. The number of aliphatic carboxylic acids is 1. The zero-order valence-corrected chi connectivity index (χ0v) is 11.6.